The highest BCUT2D eigenvalue weighted by Crippen LogP contribution is 2.20. The topological polar surface area (TPSA) is 41.1 Å². The summed E-state index contributed by atoms with van der Waals surface area (Å²) in [6, 6.07) is 16.4. The molecule has 2 rings (SSSR count). The second-order valence-electron chi connectivity index (χ2n) is 5.12. The maximum absolute atomic E-state index is 11.5. The molecule has 0 radical (unpaired) electrons. The zero-order valence-electron chi connectivity index (χ0n) is 12.8. The Labute approximate surface area is 126 Å². The van der Waals surface area contributed by atoms with Crippen molar-refractivity contribution in [1.29, 1.82) is 0 Å². The maximum atomic E-state index is 11.5. The Bertz CT molecular complexity index is 588. The second kappa shape index (κ2) is 6.93. The third kappa shape index (κ3) is 3.85. The summed E-state index contributed by atoms with van der Waals surface area (Å²) in [6.07, 6.45) is 1.06. The summed E-state index contributed by atoms with van der Waals surface area (Å²) >= 11 is 0. The molecule has 0 saturated carbocycles. The van der Waals surface area contributed by atoms with Crippen molar-refractivity contribution in [2.24, 2.45) is 0 Å². The molecule has 0 fully saturated rings. The number of aryl methyl sites for hydroxylation is 1. The van der Waals surface area contributed by atoms with E-state index >= 15 is 0 Å². The fraction of sp³-hybridized carbons (Fsp3) is 0.278. The summed E-state index contributed by atoms with van der Waals surface area (Å²) in [5, 5.41) is 6.07. The third-order valence-corrected chi connectivity index (χ3v) is 3.65. The van der Waals surface area contributed by atoms with Crippen LogP contribution in [0.25, 0.3) is 0 Å². The van der Waals surface area contributed by atoms with Gasteiger partial charge < -0.3 is 10.6 Å². The number of hydrogen-bond acceptors (Lipinski definition) is 2. The van der Waals surface area contributed by atoms with Crippen LogP contribution in [-0.2, 0) is 6.42 Å². The summed E-state index contributed by atoms with van der Waals surface area (Å²) in [5.74, 6) is -0.0650. The zero-order valence-corrected chi connectivity index (χ0v) is 12.8. The van der Waals surface area contributed by atoms with Gasteiger partial charge in [0.1, 0.15) is 0 Å². The van der Waals surface area contributed by atoms with Gasteiger partial charge in [0.25, 0.3) is 5.91 Å². The molecule has 21 heavy (non-hydrogen) atoms. The van der Waals surface area contributed by atoms with E-state index in [-0.39, 0.29) is 11.9 Å². The molecule has 0 aliphatic heterocycles. The number of benzene rings is 2. The van der Waals surface area contributed by atoms with E-state index in [9.17, 15) is 4.79 Å². The lowest BCUT2D eigenvalue weighted by atomic mass is 10.0. The van der Waals surface area contributed by atoms with Crippen molar-refractivity contribution < 1.29 is 4.79 Å². The Hall–Kier alpha value is -2.29. The van der Waals surface area contributed by atoms with Crippen LogP contribution in [0.2, 0.25) is 0 Å². The summed E-state index contributed by atoms with van der Waals surface area (Å²) in [7, 11) is 1.64. The Kier molecular flexibility index (Phi) is 4.99. The monoisotopic (exact) mass is 282 g/mol. The molecule has 2 aromatic rings. The van der Waals surface area contributed by atoms with E-state index in [2.05, 4.69) is 48.7 Å². The molecule has 0 saturated heterocycles. The van der Waals surface area contributed by atoms with Gasteiger partial charge in [-0.25, -0.2) is 0 Å². The average molecular weight is 282 g/mol. The fourth-order valence-corrected chi connectivity index (χ4v) is 2.24. The Morgan fingerprint density at radius 1 is 1.05 bits per heavy atom. The van der Waals surface area contributed by atoms with E-state index < -0.39 is 0 Å². The molecule has 1 atom stereocenters. The largest absolute Gasteiger partial charge is 0.379 e. The van der Waals surface area contributed by atoms with Gasteiger partial charge in [-0.15, -0.1) is 0 Å². The third-order valence-electron chi connectivity index (χ3n) is 3.65. The predicted molar refractivity (Wildman–Crippen MR) is 87.7 cm³/mol. The van der Waals surface area contributed by atoms with Gasteiger partial charge in [-0.05, 0) is 48.7 Å². The zero-order chi connectivity index (χ0) is 15.2. The lowest BCUT2D eigenvalue weighted by Gasteiger charge is -2.16. The van der Waals surface area contributed by atoms with E-state index in [1.807, 2.05) is 24.3 Å². The molecular weight excluding hydrogens is 260 g/mol. The first-order valence-electron chi connectivity index (χ1n) is 7.31. The Morgan fingerprint density at radius 3 is 2.19 bits per heavy atom. The quantitative estimate of drug-likeness (QED) is 0.876. The number of carbonyl (C=O) groups is 1. The molecule has 1 unspecified atom stereocenters. The van der Waals surface area contributed by atoms with Crippen molar-refractivity contribution in [2.75, 3.05) is 12.4 Å². The number of rotatable bonds is 5. The molecular formula is C18H22N2O. The van der Waals surface area contributed by atoms with Crippen molar-refractivity contribution in [3.05, 3.63) is 65.2 Å². The molecule has 3 nitrogen and oxygen atoms in total. The standard InChI is InChI=1S/C18H22N2O/c1-4-14-5-7-15(8-6-14)13(2)20-17-11-9-16(10-12-17)18(21)19-3/h5-13,20H,4H2,1-3H3,(H,19,21). The lowest BCUT2D eigenvalue weighted by Crippen LogP contribution is -2.17. The molecule has 0 aliphatic carbocycles. The van der Waals surface area contributed by atoms with E-state index in [0.717, 1.165) is 12.1 Å². The van der Waals surface area contributed by atoms with Crippen molar-refractivity contribution in [3.8, 4) is 0 Å². The number of amides is 1. The van der Waals surface area contributed by atoms with Crippen molar-refractivity contribution in [3.63, 3.8) is 0 Å². The van der Waals surface area contributed by atoms with Crippen LogP contribution in [0.15, 0.2) is 48.5 Å². The number of nitrogens with one attached hydrogen (secondary N) is 2. The first-order valence-corrected chi connectivity index (χ1v) is 7.31. The van der Waals surface area contributed by atoms with Crippen molar-refractivity contribution >= 4 is 11.6 Å². The molecule has 0 aliphatic rings. The summed E-state index contributed by atoms with van der Waals surface area (Å²) in [4.78, 5) is 11.5. The molecule has 0 aromatic heterocycles. The van der Waals surface area contributed by atoms with E-state index in [4.69, 9.17) is 0 Å². The van der Waals surface area contributed by atoms with Crippen LogP contribution in [0, 0.1) is 0 Å². The highest BCUT2D eigenvalue weighted by atomic mass is 16.1. The molecule has 0 heterocycles. The Balaban J connectivity index is 2.04. The first kappa shape index (κ1) is 15.1. The number of carbonyl (C=O) groups excluding carboxylic acids is 1. The molecule has 2 N–H and O–H groups in total. The highest BCUT2D eigenvalue weighted by molar-refractivity contribution is 5.94. The minimum Gasteiger partial charge on any atom is -0.379 e. The predicted octanol–water partition coefficient (Wildman–Crippen LogP) is 3.78. The van der Waals surface area contributed by atoms with Gasteiger partial charge in [0, 0.05) is 24.3 Å². The van der Waals surface area contributed by atoms with Crippen LogP contribution >= 0.6 is 0 Å². The minimum absolute atomic E-state index is 0.0650. The van der Waals surface area contributed by atoms with Gasteiger partial charge in [-0.1, -0.05) is 31.2 Å². The normalized spacial score (nSPS) is 11.8. The van der Waals surface area contributed by atoms with E-state index in [0.29, 0.717) is 5.56 Å². The fourth-order valence-electron chi connectivity index (χ4n) is 2.24. The molecule has 1 amide bonds. The first-order chi connectivity index (χ1) is 10.1. The van der Waals surface area contributed by atoms with E-state index in [1.54, 1.807) is 7.05 Å². The van der Waals surface area contributed by atoms with Crippen molar-refractivity contribution in [2.45, 2.75) is 26.3 Å². The van der Waals surface area contributed by atoms with Gasteiger partial charge in [-0.2, -0.15) is 0 Å². The number of anilines is 1. The summed E-state index contributed by atoms with van der Waals surface area (Å²) in [6.45, 7) is 4.29. The van der Waals surface area contributed by atoms with Gasteiger partial charge in [0.05, 0.1) is 0 Å². The molecule has 0 bridgehead atoms. The van der Waals surface area contributed by atoms with Crippen LogP contribution < -0.4 is 10.6 Å². The number of hydrogen-bond donors (Lipinski definition) is 2. The molecule has 0 spiro atoms. The average Bonchev–Trinajstić information content (AvgIpc) is 2.55. The van der Waals surface area contributed by atoms with Crippen LogP contribution in [0.5, 0.6) is 0 Å². The highest BCUT2D eigenvalue weighted by Gasteiger charge is 2.06. The van der Waals surface area contributed by atoms with Gasteiger partial charge >= 0.3 is 0 Å². The molecule has 3 heteroatoms. The minimum atomic E-state index is -0.0650. The smallest absolute Gasteiger partial charge is 0.251 e. The van der Waals surface area contributed by atoms with Crippen LogP contribution in [0.1, 0.15) is 41.4 Å². The van der Waals surface area contributed by atoms with Gasteiger partial charge in [0.2, 0.25) is 0 Å². The van der Waals surface area contributed by atoms with Crippen LogP contribution in [-0.4, -0.2) is 13.0 Å². The van der Waals surface area contributed by atoms with Gasteiger partial charge in [-0.3, -0.25) is 4.79 Å². The molecule has 110 valence electrons. The second-order valence-corrected chi connectivity index (χ2v) is 5.12. The van der Waals surface area contributed by atoms with Crippen molar-refractivity contribution in [1.82, 2.24) is 5.32 Å². The van der Waals surface area contributed by atoms with Crippen LogP contribution in [0.4, 0.5) is 5.69 Å². The summed E-state index contributed by atoms with van der Waals surface area (Å²) < 4.78 is 0. The maximum Gasteiger partial charge on any atom is 0.251 e. The Morgan fingerprint density at radius 2 is 1.67 bits per heavy atom. The van der Waals surface area contributed by atoms with E-state index in [1.165, 1.54) is 11.1 Å². The van der Waals surface area contributed by atoms with Crippen LogP contribution in [0.3, 0.4) is 0 Å². The van der Waals surface area contributed by atoms with Gasteiger partial charge in [0.15, 0.2) is 0 Å². The molecule has 2 aromatic carbocycles. The summed E-state index contributed by atoms with van der Waals surface area (Å²) in [5.41, 5.74) is 4.28. The SMILES string of the molecule is CCc1ccc(C(C)Nc2ccc(C(=O)NC)cc2)cc1. The lowest BCUT2D eigenvalue weighted by molar-refractivity contribution is 0.0963.